The summed E-state index contributed by atoms with van der Waals surface area (Å²) in [4.78, 5) is 32.1. The first-order valence-electron chi connectivity index (χ1n) is 12.6. The number of nitrogens with one attached hydrogen (secondary N) is 1. The topological polar surface area (TPSA) is 92.1 Å². The van der Waals surface area contributed by atoms with Crippen LogP contribution in [0.3, 0.4) is 0 Å². The minimum absolute atomic E-state index is 0.391. The number of carbonyl (C=O) groups excluding carboxylic acids is 2. The predicted molar refractivity (Wildman–Crippen MR) is 137 cm³/mol. The number of pyridine rings is 1. The van der Waals surface area contributed by atoms with E-state index in [1.165, 1.54) is 22.6 Å². The average Bonchev–Trinajstić information content (AvgIpc) is 3.00. The number of esters is 1. The van der Waals surface area contributed by atoms with E-state index < -0.39 is 18.5 Å². The van der Waals surface area contributed by atoms with Gasteiger partial charge in [-0.15, -0.1) is 11.3 Å². The van der Waals surface area contributed by atoms with Crippen LogP contribution in [0.2, 0.25) is 0 Å². The van der Waals surface area contributed by atoms with Gasteiger partial charge in [0.05, 0.1) is 16.6 Å². The Bertz CT molecular complexity index is 1320. The largest absolute Gasteiger partial charge is 0.452 e. The average molecular weight is 488 g/mol. The van der Waals surface area contributed by atoms with Gasteiger partial charge in [-0.2, -0.15) is 5.26 Å². The molecule has 1 amide bonds. The Morgan fingerprint density at radius 2 is 1.69 bits per heavy atom. The molecule has 0 atom stereocenters. The normalized spacial score (nSPS) is 15.6. The number of benzene rings is 1. The van der Waals surface area contributed by atoms with Crippen LogP contribution in [0, 0.1) is 11.3 Å². The molecule has 0 fully saturated rings. The maximum absolute atomic E-state index is 13.3. The van der Waals surface area contributed by atoms with Crippen molar-refractivity contribution in [1.29, 1.82) is 5.26 Å². The van der Waals surface area contributed by atoms with E-state index in [1.54, 1.807) is 0 Å². The SMILES string of the molecule is N#Cc1c(NC(=O)COC(=O)c2c3c(nc4ccccc24)CCCCCC3)sc2c1CCCCC2. The van der Waals surface area contributed by atoms with Crippen LogP contribution in [0.25, 0.3) is 10.9 Å². The van der Waals surface area contributed by atoms with Gasteiger partial charge in [0.2, 0.25) is 0 Å². The van der Waals surface area contributed by atoms with E-state index >= 15 is 0 Å². The van der Waals surface area contributed by atoms with Crippen molar-refractivity contribution >= 4 is 39.1 Å². The van der Waals surface area contributed by atoms with Crippen molar-refractivity contribution in [2.75, 3.05) is 11.9 Å². The molecule has 1 aromatic carbocycles. The lowest BCUT2D eigenvalue weighted by atomic mass is 9.91. The number of nitrogens with zero attached hydrogens (tertiary/aromatic N) is 2. The second-order valence-electron chi connectivity index (χ2n) is 9.35. The number of rotatable bonds is 4. The van der Waals surface area contributed by atoms with Crippen LogP contribution < -0.4 is 5.32 Å². The third kappa shape index (κ3) is 4.94. The monoisotopic (exact) mass is 487 g/mol. The Hall–Kier alpha value is -3.24. The highest BCUT2D eigenvalue weighted by atomic mass is 32.1. The van der Waals surface area contributed by atoms with Gasteiger partial charge in [-0.05, 0) is 68.6 Å². The van der Waals surface area contributed by atoms with E-state index in [0.29, 0.717) is 16.1 Å². The van der Waals surface area contributed by atoms with Crippen LogP contribution in [-0.2, 0) is 35.2 Å². The molecule has 0 saturated carbocycles. The molecule has 0 aliphatic heterocycles. The van der Waals surface area contributed by atoms with Crippen molar-refractivity contribution in [3.63, 3.8) is 0 Å². The molecule has 0 spiro atoms. The van der Waals surface area contributed by atoms with Crippen LogP contribution in [0.4, 0.5) is 5.00 Å². The number of anilines is 1. The number of nitriles is 1. The van der Waals surface area contributed by atoms with Gasteiger partial charge in [-0.3, -0.25) is 9.78 Å². The molecular formula is C28H29N3O3S. The zero-order valence-corrected chi connectivity index (χ0v) is 20.6. The molecule has 2 aliphatic carbocycles. The fraction of sp³-hybridized carbons (Fsp3) is 0.429. The molecule has 2 heterocycles. The molecule has 1 N–H and O–H groups in total. The Kier molecular flexibility index (Phi) is 7.10. The summed E-state index contributed by atoms with van der Waals surface area (Å²) in [5.74, 6) is -0.912. The smallest absolute Gasteiger partial charge is 0.339 e. The van der Waals surface area contributed by atoms with Gasteiger partial charge < -0.3 is 10.1 Å². The van der Waals surface area contributed by atoms with Gasteiger partial charge >= 0.3 is 5.97 Å². The molecule has 35 heavy (non-hydrogen) atoms. The van der Waals surface area contributed by atoms with Crippen LogP contribution in [-0.4, -0.2) is 23.5 Å². The fourth-order valence-corrected chi connectivity index (χ4v) is 6.53. The molecule has 7 heteroatoms. The summed E-state index contributed by atoms with van der Waals surface area (Å²) in [7, 11) is 0. The number of aromatic nitrogens is 1. The number of aryl methyl sites for hydroxylation is 2. The molecule has 0 bridgehead atoms. The van der Waals surface area contributed by atoms with Crippen LogP contribution >= 0.6 is 11.3 Å². The number of hydrogen-bond donors (Lipinski definition) is 1. The van der Waals surface area contributed by atoms with Gasteiger partial charge in [-0.25, -0.2) is 4.79 Å². The maximum Gasteiger partial charge on any atom is 0.339 e. The molecule has 6 nitrogen and oxygen atoms in total. The lowest BCUT2D eigenvalue weighted by Gasteiger charge is -2.18. The zero-order chi connectivity index (χ0) is 24.2. The van der Waals surface area contributed by atoms with Crippen molar-refractivity contribution in [3.8, 4) is 6.07 Å². The maximum atomic E-state index is 13.3. The van der Waals surface area contributed by atoms with E-state index in [1.807, 2.05) is 24.3 Å². The summed E-state index contributed by atoms with van der Waals surface area (Å²) < 4.78 is 5.55. The van der Waals surface area contributed by atoms with Crippen LogP contribution in [0.5, 0.6) is 0 Å². The molecule has 0 unspecified atom stereocenters. The summed E-state index contributed by atoms with van der Waals surface area (Å²) in [6.07, 6.45) is 11.2. The Morgan fingerprint density at radius 1 is 0.971 bits per heavy atom. The highest BCUT2D eigenvalue weighted by Crippen LogP contribution is 2.37. The summed E-state index contributed by atoms with van der Waals surface area (Å²) in [5.41, 5.74) is 4.89. The van der Waals surface area contributed by atoms with Crippen LogP contribution in [0.1, 0.15) is 82.6 Å². The molecule has 180 valence electrons. The number of fused-ring (bicyclic) bond motifs is 3. The minimum Gasteiger partial charge on any atom is -0.452 e. The highest BCUT2D eigenvalue weighted by Gasteiger charge is 2.24. The van der Waals surface area contributed by atoms with E-state index in [-0.39, 0.29) is 0 Å². The molecule has 3 aromatic rings. The third-order valence-corrected chi connectivity index (χ3v) is 8.20. The molecule has 5 rings (SSSR count). The summed E-state index contributed by atoms with van der Waals surface area (Å²) >= 11 is 1.48. The zero-order valence-electron chi connectivity index (χ0n) is 19.8. The number of thiophene rings is 1. The van der Waals surface area contributed by atoms with Gasteiger partial charge in [0.1, 0.15) is 11.1 Å². The van der Waals surface area contributed by atoms with E-state index in [4.69, 9.17) is 9.72 Å². The summed E-state index contributed by atoms with van der Waals surface area (Å²) in [6.45, 7) is -0.391. The Morgan fingerprint density at radius 3 is 2.51 bits per heavy atom. The summed E-state index contributed by atoms with van der Waals surface area (Å²) in [6, 6.07) is 9.91. The number of hydrogen-bond acceptors (Lipinski definition) is 6. The van der Waals surface area contributed by atoms with Gasteiger partial charge in [0.25, 0.3) is 5.91 Å². The van der Waals surface area contributed by atoms with E-state index in [0.717, 1.165) is 91.9 Å². The van der Waals surface area contributed by atoms with Gasteiger partial charge in [0, 0.05) is 16.0 Å². The van der Waals surface area contributed by atoms with Crippen LogP contribution in [0.15, 0.2) is 24.3 Å². The number of amides is 1. The first kappa shape index (κ1) is 23.5. The van der Waals surface area contributed by atoms with E-state index in [9.17, 15) is 14.9 Å². The minimum atomic E-state index is -0.488. The van der Waals surface area contributed by atoms with Crippen molar-refractivity contribution in [2.24, 2.45) is 0 Å². The summed E-state index contributed by atoms with van der Waals surface area (Å²) in [5, 5.41) is 13.9. The predicted octanol–water partition coefficient (Wildman–Crippen LogP) is 5.89. The molecule has 0 saturated heterocycles. The second kappa shape index (κ2) is 10.6. The third-order valence-electron chi connectivity index (χ3n) is 6.99. The fourth-order valence-electron chi connectivity index (χ4n) is 5.27. The van der Waals surface area contributed by atoms with Crippen molar-refractivity contribution in [1.82, 2.24) is 4.98 Å². The van der Waals surface area contributed by atoms with Crippen molar-refractivity contribution in [2.45, 2.75) is 70.6 Å². The molecule has 2 aliphatic rings. The first-order chi connectivity index (χ1) is 17.2. The van der Waals surface area contributed by atoms with Gasteiger partial charge in [-0.1, -0.05) is 37.5 Å². The molecular weight excluding hydrogens is 458 g/mol. The number of carbonyl (C=O) groups is 2. The lowest BCUT2D eigenvalue weighted by Crippen LogP contribution is -2.22. The number of para-hydroxylation sites is 1. The van der Waals surface area contributed by atoms with Crippen molar-refractivity contribution < 1.29 is 14.3 Å². The Balaban J connectivity index is 1.35. The van der Waals surface area contributed by atoms with E-state index in [2.05, 4.69) is 11.4 Å². The second-order valence-corrected chi connectivity index (χ2v) is 10.5. The highest BCUT2D eigenvalue weighted by molar-refractivity contribution is 7.16. The number of ether oxygens (including phenoxy) is 1. The molecule has 0 radical (unpaired) electrons. The first-order valence-corrected chi connectivity index (χ1v) is 13.4. The quantitative estimate of drug-likeness (QED) is 0.366. The van der Waals surface area contributed by atoms with Gasteiger partial charge in [0.15, 0.2) is 6.61 Å². The standard InChI is InChI=1S/C28H29N3O3S/c29-16-21-18-10-5-3-7-15-24(18)35-27(21)31-25(32)17-34-28(33)26-19-11-4-1-2-6-13-22(19)30-23-14-9-8-12-20(23)26/h8-9,12,14H,1-7,10-11,13,15,17H2,(H,31,32). The Labute approximate surface area is 209 Å². The van der Waals surface area contributed by atoms with Crippen molar-refractivity contribution in [3.05, 3.63) is 57.1 Å². The lowest BCUT2D eigenvalue weighted by molar-refractivity contribution is -0.119. The molecule has 2 aromatic heterocycles.